The minimum Gasteiger partial charge on any atom is -0.304 e. The van der Waals surface area contributed by atoms with Crippen LogP contribution in [0.5, 0.6) is 0 Å². The Hall–Kier alpha value is -3.27. The van der Waals surface area contributed by atoms with Crippen LogP contribution in [0.15, 0.2) is 79.1 Å². The Morgan fingerprint density at radius 2 is 1.41 bits per heavy atom. The van der Waals surface area contributed by atoms with Crippen molar-refractivity contribution in [3.63, 3.8) is 0 Å². The van der Waals surface area contributed by atoms with Crippen molar-refractivity contribution in [2.75, 3.05) is 0 Å². The first kappa shape index (κ1) is 17.2. The SMILES string of the molecule is CCc1nnc(-c2ccc(-c3ccccc3)cc2)n1C(C)c1ccncc1. The van der Waals surface area contributed by atoms with E-state index >= 15 is 0 Å². The highest BCUT2D eigenvalue weighted by molar-refractivity contribution is 5.67. The quantitative estimate of drug-likeness (QED) is 0.496. The second-order valence-corrected chi connectivity index (χ2v) is 6.56. The van der Waals surface area contributed by atoms with Crippen LogP contribution in [0.25, 0.3) is 22.5 Å². The van der Waals surface area contributed by atoms with Crippen molar-refractivity contribution in [1.29, 1.82) is 0 Å². The van der Waals surface area contributed by atoms with Crippen molar-refractivity contribution in [3.8, 4) is 22.5 Å². The second kappa shape index (κ2) is 7.54. The van der Waals surface area contributed by atoms with Crippen molar-refractivity contribution in [3.05, 3.63) is 90.5 Å². The molecular weight excluding hydrogens is 332 g/mol. The first-order valence-electron chi connectivity index (χ1n) is 9.27. The van der Waals surface area contributed by atoms with Crippen LogP contribution in [0.2, 0.25) is 0 Å². The fourth-order valence-electron chi connectivity index (χ4n) is 3.40. The Kier molecular flexibility index (Phi) is 4.79. The van der Waals surface area contributed by atoms with Gasteiger partial charge in [0.15, 0.2) is 5.82 Å². The summed E-state index contributed by atoms with van der Waals surface area (Å²) in [4.78, 5) is 4.13. The van der Waals surface area contributed by atoms with Crippen LogP contribution in [0, 0.1) is 0 Å². The number of benzene rings is 2. The zero-order valence-electron chi connectivity index (χ0n) is 15.6. The van der Waals surface area contributed by atoms with Gasteiger partial charge in [-0.1, -0.05) is 61.5 Å². The molecule has 4 aromatic rings. The molecule has 0 aliphatic heterocycles. The summed E-state index contributed by atoms with van der Waals surface area (Å²) in [6.45, 7) is 4.29. The molecule has 4 heteroatoms. The Bertz CT molecular complexity index is 1010. The van der Waals surface area contributed by atoms with Crippen molar-refractivity contribution < 1.29 is 0 Å². The number of rotatable bonds is 5. The van der Waals surface area contributed by atoms with Gasteiger partial charge in [0, 0.05) is 24.4 Å². The Labute approximate surface area is 159 Å². The summed E-state index contributed by atoms with van der Waals surface area (Å²) in [6, 6.07) is 23.2. The van der Waals surface area contributed by atoms with E-state index in [4.69, 9.17) is 0 Å². The third-order valence-corrected chi connectivity index (χ3v) is 4.91. The zero-order chi connectivity index (χ0) is 18.6. The maximum atomic E-state index is 4.50. The van der Waals surface area contributed by atoms with Crippen molar-refractivity contribution in [1.82, 2.24) is 19.7 Å². The molecule has 0 aliphatic carbocycles. The minimum atomic E-state index is 0.141. The van der Waals surface area contributed by atoms with Crippen molar-refractivity contribution in [2.24, 2.45) is 0 Å². The number of hydrogen-bond acceptors (Lipinski definition) is 3. The standard InChI is InChI=1S/C23H22N4/c1-3-22-25-26-23(27(22)17(2)18-13-15-24-16-14-18)21-11-9-20(10-12-21)19-7-5-4-6-8-19/h4-17H,3H2,1-2H3. The van der Waals surface area contributed by atoms with E-state index in [0.717, 1.165) is 23.6 Å². The fourth-order valence-corrected chi connectivity index (χ4v) is 3.40. The lowest BCUT2D eigenvalue weighted by atomic mass is 10.0. The third kappa shape index (κ3) is 3.38. The van der Waals surface area contributed by atoms with Gasteiger partial charge in [-0.2, -0.15) is 0 Å². The average Bonchev–Trinajstić information content (AvgIpc) is 3.18. The summed E-state index contributed by atoms with van der Waals surface area (Å²) in [5.41, 5.74) is 4.68. The van der Waals surface area contributed by atoms with E-state index in [-0.39, 0.29) is 6.04 Å². The Morgan fingerprint density at radius 1 is 0.778 bits per heavy atom. The fraction of sp³-hybridized carbons (Fsp3) is 0.174. The van der Waals surface area contributed by atoms with Crippen molar-refractivity contribution >= 4 is 0 Å². The largest absolute Gasteiger partial charge is 0.304 e. The van der Waals surface area contributed by atoms with E-state index < -0.39 is 0 Å². The lowest BCUT2D eigenvalue weighted by molar-refractivity contribution is 0.610. The first-order chi connectivity index (χ1) is 13.3. The molecule has 2 aromatic heterocycles. The monoisotopic (exact) mass is 354 g/mol. The summed E-state index contributed by atoms with van der Waals surface area (Å²) >= 11 is 0. The van der Waals surface area contributed by atoms with Gasteiger partial charge in [0.1, 0.15) is 5.82 Å². The van der Waals surface area contributed by atoms with E-state index in [2.05, 4.69) is 82.1 Å². The second-order valence-electron chi connectivity index (χ2n) is 6.56. The van der Waals surface area contributed by atoms with Crippen LogP contribution >= 0.6 is 0 Å². The maximum Gasteiger partial charge on any atom is 0.164 e. The molecule has 0 amide bonds. The molecule has 0 saturated heterocycles. The molecule has 1 unspecified atom stereocenters. The highest BCUT2D eigenvalue weighted by Gasteiger charge is 2.19. The summed E-state index contributed by atoms with van der Waals surface area (Å²) in [5, 5.41) is 8.94. The molecular formula is C23H22N4. The molecule has 0 aliphatic rings. The van der Waals surface area contributed by atoms with Crippen LogP contribution in [-0.4, -0.2) is 19.7 Å². The number of hydrogen-bond donors (Lipinski definition) is 0. The smallest absolute Gasteiger partial charge is 0.164 e. The van der Waals surface area contributed by atoms with Crippen LogP contribution in [0.3, 0.4) is 0 Å². The van der Waals surface area contributed by atoms with Gasteiger partial charge >= 0.3 is 0 Å². The lowest BCUT2D eigenvalue weighted by Gasteiger charge is -2.18. The van der Waals surface area contributed by atoms with Crippen molar-refractivity contribution in [2.45, 2.75) is 26.3 Å². The molecule has 0 radical (unpaired) electrons. The van der Waals surface area contributed by atoms with Gasteiger partial charge in [-0.05, 0) is 35.7 Å². The van der Waals surface area contributed by atoms with Gasteiger partial charge in [-0.15, -0.1) is 10.2 Å². The van der Waals surface area contributed by atoms with Crippen LogP contribution in [0.4, 0.5) is 0 Å². The molecule has 0 bridgehead atoms. The maximum absolute atomic E-state index is 4.50. The molecule has 0 spiro atoms. The molecule has 0 saturated carbocycles. The predicted octanol–water partition coefficient (Wildman–Crippen LogP) is 5.18. The van der Waals surface area contributed by atoms with E-state index in [1.165, 1.54) is 16.7 Å². The molecule has 1 atom stereocenters. The van der Waals surface area contributed by atoms with Gasteiger partial charge in [0.05, 0.1) is 6.04 Å². The van der Waals surface area contributed by atoms with E-state index in [1.54, 1.807) is 0 Å². The van der Waals surface area contributed by atoms with Crippen LogP contribution < -0.4 is 0 Å². The van der Waals surface area contributed by atoms with Gasteiger partial charge < -0.3 is 4.57 Å². The zero-order valence-corrected chi connectivity index (χ0v) is 15.6. The van der Waals surface area contributed by atoms with Crippen LogP contribution in [-0.2, 0) is 6.42 Å². The van der Waals surface area contributed by atoms with E-state index in [9.17, 15) is 0 Å². The molecule has 134 valence electrons. The molecule has 0 fully saturated rings. The molecule has 2 aromatic carbocycles. The molecule has 27 heavy (non-hydrogen) atoms. The first-order valence-corrected chi connectivity index (χ1v) is 9.27. The topological polar surface area (TPSA) is 43.6 Å². The predicted molar refractivity (Wildman–Crippen MR) is 108 cm³/mol. The molecule has 0 N–H and O–H groups in total. The summed E-state index contributed by atoms with van der Waals surface area (Å²) < 4.78 is 2.23. The lowest BCUT2D eigenvalue weighted by Crippen LogP contribution is -2.12. The van der Waals surface area contributed by atoms with Gasteiger partial charge in [-0.3, -0.25) is 4.98 Å². The highest BCUT2D eigenvalue weighted by atomic mass is 15.3. The third-order valence-electron chi connectivity index (χ3n) is 4.91. The highest BCUT2D eigenvalue weighted by Crippen LogP contribution is 2.28. The summed E-state index contributed by atoms with van der Waals surface area (Å²) in [6.07, 6.45) is 4.50. The van der Waals surface area contributed by atoms with Gasteiger partial charge in [0.2, 0.25) is 0 Å². The Morgan fingerprint density at radius 3 is 2.07 bits per heavy atom. The summed E-state index contributed by atoms with van der Waals surface area (Å²) in [5.74, 6) is 1.89. The van der Waals surface area contributed by atoms with Gasteiger partial charge in [-0.25, -0.2) is 0 Å². The molecule has 4 rings (SSSR count). The summed E-state index contributed by atoms with van der Waals surface area (Å²) in [7, 11) is 0. The molecule has 4 nitrogen and oxygen atoms in total. The van der Waals surface area contributed by atoms with E-state index in [0.29, 0.717) is 0 Å². The molecule has 2 heterocycles. The number of aryl methyl sites for hydroxylation is 1. The van der Waals surface area contributed by atoms with Gasteiger partial charge in [0.25, 0.3) is 0 Å². The number of nitrogens with zero attached hydrogens (tertiary/aromatic N) is 4. The normalized spacial score (nSPS) is 12.1. The average molecular weight is 354 g/mol. The number of aromatic nitrogens is 4. The Balaban J connectivity index is 1.73. The van der Waals surface area contributed by atoms with Crippen LogP contribution in [0.1, 0.15) is 31.3 Å². The van der Waals surface area contributed by atoms with E-state index in [1.807, 2.05) is 30.6 Å². The minimum absolute atomic E-state index is 0.141. The number of pyridine rings is 1.